The lowest BCUT2D eigenvalue weighted by molar-refractivity contribution is -0.128. The maximum absolute atomic E-state index is 14.0. The maximum atomic E-state index is 14.0. The standard InChI is InChI=1S/C25H23ClFN3O3/c26-19-6-3-16(22(27)14-19)12-21(31)13-17-2-1-11-30(23(17)32)20-7-4-18(5-8-20)25(9-10-25)24-28-15-33-29-24/h3-8,14-15,17H,1-2,9-13H2/t17-/m0/s1. The second kappa shape index (κ2) is 8.71. The molecule has 2 aliphatic rings. The third-order valence-electron chi connectivity index (χ3n) is 6.70. The van der Waals surface area contributed by atoms with Gasteiger partial charge in [-0.2, -0.15) is 4.98 Å². The first-order chi connectivity index (χ1) is 16.0. The normalized spacial score (nSPS) is 19.5. The lowest BCUT2D eigenvalue weighted by Crippen LogP contribution is -2.42. The number of ketones is 1. The number of anilines is 1. The molecular weight excluding hydrogens is 445 g/mol. The van der Waals surface area contributed by atoms with E-state index in [1.165, 1.54) is 18.5 Å². The van der Waals surface area contributed by atoms with E-state index in [1.54, 1.807) is 11.0 Å². The van der Waals surface area contributed by atoms with Crippen molar-refractivity contribution >= 4 is 29.0 Å². The van der Waals surface area contributed by atoms with Gasteiger partial charge in [0, 0.05) is 36.0 Å². The van der Waals surface area contributed by atoms with Crippen molar-refractivity contribution in [2.75, 3.05) is 11.4 Å². The summed E-state index contributed by atoms with van der Waals surface area (Å²) in [6.07, 6.45) is 4.81. The highest BCUT2D eigenvalue weighted by Crippen LogP contribution is 2.52. The van der Waals surface area contributed by atoms with Crippen molar-refractivity contribution in [3.63, 3.8) is 0 Å². The molecule has 0 radical (unpaired) electrons. The zero-order valence-corrected chi connectivity index (χ0v) is 18.7. The van der Waals surface area contributed by atoms with Crippen molar-refractivity contribution in [2.45, 2.75) is 43.9 Å². The van der Waals surface area contributed by atoms with Crippen molar-refractivity contribution < 1.29 is 18.5 Å². The third kappa shape index (κ3) is 4.29. The van der Waals surface area contributed by atoms with E-state index in [-0.39, 0.29) is 35.0 Å². The van der Waals surface area contributed by atoms with E-state index in [9.17, 15) is 14.0 Å². The molecule has 2 aromatic carbocycles. The molecule has 6 nitrogen and oxygen atoms in total. The van der Waals surface area contributed by atoms with Gasteiger partial charge in [-0.15, -0.1) is 0 Å². The Morgan fingerprint density at radius 2 is 2.00 bits per heavy atom. The molecule has 1 atom stereocenters. The summed E-state index contributed by atoms with van der Waals surface area (Å²) in [6, 6.07) is 12.2. The molecular formula is C25H23ClFN3O3. The second-order valence-corrected chi connectivity index (χ2v) is 9.30. The van der Waals surface area contributed by atoms with Gasteiger partial charge < -0.3 is 9.42 Å². The Balaban J connectivity index is 1.25. The van der Waals surface area contributed by atoms with E-state index in [0.717, 1.165) is 30.5 Å². The lowest BCUT2D eigenvalue weighted by atomic mass is 9.89. The Hall–Kier alpha value is -3.06. The number of rotatable bonds is 7. The van der Waals surface area contributed by atoms with Gasteiger partial charge in [0.1, 0.15) is 11.6 Å². The number of piperidine rings is 1. The number of carbonyl (C=O) groups excluding carboxylic acids is 2. The summed E-state index contributed by atoms with van der Waals surface area (Å²) in [5.74, 6) is -0.405. The topological polar surface area (TPSA) is 76.3 Å². The Morgan fingerprint density at radius 1 is 1.21 bits per heavy atom. The highest BCUT2D eigenvalue weighted by Gasteiger charge is 2.49. The molecule has 170 valence electrons. The molecule has 1 saturated heterocycles. The number of hydrogen-bond donors (Lipinski definition) is 0. The quantitative estimate of drug-likeness (QED) is 0.494. The van der Waals surface area contributed by atoms with Gasteiger partial charge in [-0.25, -0.2) is 4.39 Å². The molecule has 1 saturated carbocycles. The number of aromatic nitrogens is 2. The van der Waals surface area contributed by atoms with Crippen molar-refractivity contribution in [1.82, 2.24) is 10.1 Å². The minimum atomic E-state index is -0.498. The van der Waals surface area contributed by atoms with Crippen molar-refractivity contribution in [2.24, 2.45) is 5.92 Å². The van der Waals surface area contributed by atoms with E-state index in [1.807, 2.05) is 24.3 Å². The minimum absolute atomic E-state index is 0.0420. The van der Waals surface area contributed by atoms with Crippen LogP contribution < -0.4 is 4.90 Å². The van der Waals surface area contributed by atoms with Gasteiger partial charge in [-0.3, -0.25) is 9.59 Å². The van der Waals surface area contributed by atoms with Crippen molar-refractivity contribution in [3.8, 4) is 0 Å². The van der Waals surface area contributed by atoms with Crippen LogP contribution in [0.1, 0.15) is 49.1 Å². The maximum Gasteiger partial charge on any atom is 0.230 e. The summed E-state index contributed by atoms with van der Waals surface area (Å²) in [7, 11) is 0. The van der Waals surface area contributed by atoms with E-state index in [2.05, 4.69) is 10.1 Å². The zero-order valence-electron chi connectivity index (χ0n) is 18.0. The number of hydrogen-bond acceptors (Lipinski definition) is 5. The summed E-state index contributed by atoms with van der Waals surface area (Å²) >= 11 is 5.78. The molecule has 33 heavy (non-hydrogen) atoms. The molecule has 3 aromatic rings. The number of benzene rings is 2. The molecule has 2 heterocycles. The average Bonchev–Trinajstić information content (AvgIpc) is 3.42. The Kier molecular flexibility index (Phi) is 5.74. The van der Waals surface area contributed by atoms with E-state index in [4.69, 9.17) is 16.1 Å². The van der Waals surface area contributed by atoms with Gasteiger partial charge in [0.2, 0.25) is 12.3 Å². The van der Waals surface area contributed by atoms with Crippen LogP contribution in [0, 0.1) is 11.7 Å². The van der Waals surface area contributed by atoms with Gasteiger partial charge in [0.05, 0.1) is 5.41 Å². The number of Topliss-reactive ketones (excluding diaryl/α,β-unsaturated/α-hetero) is 1. The fourth-order valence-electron chi connectivity index (χ4n) is 4.73. The number of halogens is 2. The van der Waals surface area contributed by atoms with Gasteiger partial charge in [0.15, 0.2) is 5.82 Å². The van der Waals surface area contributed by atoms with Crippen LogP contribution in [0.15, 0.2) is 53.4 Å². The number of nitrogens with zero attached hydrogens (tertiary/aromatic N) is 3. The van der Waals surface area contributed by atoms with E-state index >= 15 is 0 Å². The molecule has 1 aromatic heterocycles. The molecule has 8 heteroatoms. The summed E-state index contributed by atoms with van der Waals surface area (Å²) in [4.78, 5) is 31.7. The molecule has 1 aliphatic carbocycles. The monoisotopic (exact) mass is 467 g/mol. The SMILES string of the molecule is O=C(Cc1ccc(Cl)cc1F)C[C@@H]1CCCN(c2ccc(C3(c4ncon4)CC3)cc2)C1=O. The van der Waals surface area contributed by atoms with Gasteiger partial charge in [0.25, 0.3) is 0 Å². The van der Waals surface area contributed by atoms with E-state index in [0.29, 0.717) is 24.4 Å². The third-order valence-corrected chi connectivity index (χ3v) is 6.93. The van der Waals surface area contributed by atoms with Crippen LogP contribution in [0.3, 0.4) is 0 Å². The van der Waals surface area contributed by atoms with Crippen molar-refractivity contribution in [3.05, 3.63) is 76.6 Å². The van der Waals surface area contributed by atoms with Crippen LogP contribution in [0.2, 0.25) is 5.02 Å². The van der Waals surface area contributed by atoms with Gasteiger partial charge >= 0.3 is 0 Å². The molecule has 0 unspecified atom stereocenters. The molecule has 1 amide bonds. The lowest BCUT2D eigenvalue weighted by Gasteiger charge is -2.32. The first-order valence-corrected chi connectivity index (χ1v) is 11.5. The van der Waals surface area contributed by atoms with Crippen molar-refractivity contribution in [1.29, 1.82) is 0 Å². The van der Waals surface area contributed by atoms with Gasteiger partial charge in [-0.05, 0) is 61.1 Å². The number of carbonyl (C=O) groups is 2. The summed E-state index contributed by atoms with van der Waals surface area (Å²) < 4.78 is 19.0. The van der Waals surface area contributed by atoms with Crippen LogP contribution in [0.25, 0.3) is 0 Å². The highest BCUT2D eigenvalue weighted by atomic mass is 35.5. The Morgan fingerprint density at radius 3 is 2.67 bits per heavy atom. The van der Waals surface area contributed by atoms with Crippen LogP contribution in [-0.2, 0) is 21.4 Å². The fourth-order valence-corrected chi connectivity index (χ4v) is 4.89. The summed E-state index contributed by atoms with van der Waals surface area (Å²) in [5.41, 5.74) is 2.03. The molecule has 0 spiro atoms. The van der Waals surface area contributed by atoms with Crippen LogP contribution in [0.5, 0.6) is 0 Å². The highest BCUT2D eigenvalue weighted by molar-refractivity contribution is 6.30. The van der Waals surface area contributed by atoms with Crippen LogP contribution in [-0.4, -0.2) is 28.4 Å². The van der Waals surface area contributed by atoms with E-state index < -0.39 is 11.7 Å². The summed E-state index contributed by atoms with van der Waals surface area (Å²) in [6.45, 7) is 0.616. The second-order valence-electron chi connectivity index (χ2n) is 8.87. The summed E-state index contributed by atoms with van der Waals surface area (Å²) in [5, 5.41) is 4.31. The first-order valence-electron chi connectivity index (χ1n) is 11.1. The first kappa shape index (κ1) is 21.8. The molecule has 5 rings (SSSR count). The van der Waals surface area contributed by atoms with Gasteiger partial charge in [-0.1, -0.05) is 35.0 Å². The minimum Gasteiger partial charge on any atom is -0.343 e. The molecule has 2 fully saturated rings. The average molecular weight is 468 g/mol. The molecule has 0 bridgehead atoms. The zero-order chi connectivity index (χ0) is 23.0. The smallest absolute Gasteiger partial charge is 0.230 e. The molecule has 1 aliphatic heterocycles. The fraction of sp³-hybridized carbons (Fsp3) is 0.360. The largest absolute Gasteiger partial charge is 0.343 e. The Labute approximate surface area is 195 Å². The van der Waals surface area contributed by atoms with Crippen LogP contribution >= 0.6 is 11.6 Å². The molecule has 0 N–H and O–H groups in total. The predicted molar refractivity (Wildman–Crippen MR) is 121 cm³/mol. The van der Waals surface area contributed by atoms with Crippen LogP contribution in [0.4, 0.5) is 10.1 Å². The number of amides is 1. The Bertz CT molecular complexity index is 1180. The predicted octanol–water partition coefficient (Wildman–Crippen LogP) is 4.89.